The molecular formula is C54H34N2OS. The van der Waals surface area contributed by atoms with Gasteiger partial charge in [-0.2, -0.15) is 0 Å². The van der Waals surface area contributed by atoms with Crippen molar-refractivity contribution in [1.82, 2.24) is 4.57 Å². The van der Waals surface area contributed by atoms with Gasteiger partial charge >= 0.3 is 0 Å². The van der Waals surface area contributed by atoms with Gasteiger partial charge in [0.15, 0.2) is 5.58 Å². The molecule has 0 fully saturated rings. The van der Waals surface area contributed by atoms with Crippen LogP contribution in [0, 0.1) is 0 Å². The first kappa shape index (κ1) is 32.8. The molecule has 0 radical (unpaired) electrons. The third-order valence-corrected chi connectivity index (χ3v) is 12.8. The summed E-state index contributed by atoms with van der Waals surface area (Å²) < 4.78 is 11.7. The average molecular weight is 759 g/mol. The van der Waals surface area contributed by atoms with E-state index in [1.165, 1.54) is 58.7 Å². The maximum absolute atomic E-state index is 6.66. The zero-order valence-electron chi connectivity index (χ0n) is 31.3. The Morgan fingerprint density at radius 3 is 1.78 bits per heavy atom. The molecule has 3 nitrogen and oxygen atoms in total. The topological polar surface area (TPSA) is 21.3 Å². The second-order valence-corrected chi connectivity index (χ2v) is 15.9. The fraction of sp³-hybridized carbons (Fsp3) is 0. The van der Waals surface area contributed by atoms with E-state index in [4.69, 9.17) is 4.42 Å². The highest BCUT2D eigenvalue weighted by atomic mass is 32.1. The van der Waals surface area contributed by atoms with E-state index in [9.17, 15) is 0 Å². The van der Waals surface area contributed by atoms with Gasteiger partial charge in [-0.3, -0.25) is 0 Å². The average Bonchev–Trinajstić information content (AvgIpc) is 3.97. The third-order valence-electron chi connectivity index (χ3n) is 11.6. The molecule has 0 aliphatic rings. The van der Waals surface area contributed by atoms with Crippen LogP contribution in [0.4, 0.5) is 17.1 Å². The molecule has 0 spiro atoms. The number of furan rings is 1. The smallest absolute Gasteiger partial charge is 0.159 e. The molecule has 0 unspecified atom stereocenters. The first-order valence-electron chi connectivity index (χ1n) is 19.7. The van der Waals surface area contributed by atoms with Gasteiger partial charge in [0.05, 0.1) is 22.4 Å². The van der Waals surface area contributed by atoms with Gasteiger partial charge in [-0.1, -0.05) is 140 Å². The highest BCUT2D eigenvalue weighted by molar-refractivity contribution is 7.25. The fourth-order valence-electron chi connectivity index (χ4n) is 9.03. The van der Waals surface area contributed by atoms with Crippen LogP contribution in [0.3, 0.4) is 0 Å². The Morgan fingerprint density at radius 1 is 0.397 bits per heavy atom. The van der Waals surface area contributed by atoms with Crippen LogP contribution >= 0.6 is 11.3 Å². The van der Waals surface area contributed by atoms with Gasteiger partial charge < -0.3 is 13.9 Å². The first-order chi connectivity index (χ1) is 28.8. The molecular weight excluding hydrogens is 725 g/mol. The van der Waals surface area contributed by atoms with Crippen molar-refractivity contribution in [2.45, 2.75) is 0 Å². The van der Waals surface area contributed by atoms with Crippen molar-refractivity contribution < 1.29 is 4.42 Å². The molecule has 0 aliphatic heterocycles. The normalized spacial score (nSPS) is 11.8. The number of benzene rings is 9. The zero-order chi connectivity index (χ0) is 38.2. The van der Waals surface area contributed by atoms with E-state index in [2.05, 4.69) is 210 Å². The minimum absolute atomic E-state index is 0.870. The number of para-hydroxylation sites is 5. The summed E-state index contributed by atoms with van der Waals surface area (Å²) in [5.74, 6) is 0. The lowest BCUT2D eigenvalue weighted by molar-refractivity contribution is 0.669. The van der Waals surface area contributed by atoms with Gasteiger partial charge in [0.1, 0.15) is 5.58 Å². The fourth-order valence-corrected chi connectivity index (χ4v) is 10.1. The number of hydrogen-bond acceptors (Lipinski definition) is 3. The van der Waals surface area contributed by atoms with Gasteiger partial charge in [0.25, 0.3) is 0 Å². The quantitative estimate of drug-likeness (QED) is 0.168. The Kier molecular flexibility index (Phi) is 7.40. The maximum Gasteiger partial charge on any atom is 0.159 e. The molecule has 58 heavy (non-hydrogen) atoms. The van der Waals surface area contributed by atoms with Gasteiger partial charge in [-0.25, -0.2) is 0 Å². The highest BCUT2D eigenvalue weighted by Crippen LogP contribution is 2.46. The molecule has 0 bridgehead atoms. The summed E-state index contributed by atoms with van der Waals surface area (Å²) in [6, 6.07) is 74.4. The van der Waals surface area contributed by atoms with Crippen molar-refractivity contribution in [3.8, 4) is 27.9 Å². The SMILES string of the molecule is c1ccc(-c2ccccc2-n2c3ccccc3c3ccccc32)c(-c2ccc(N(c3ccc4sc5ccccc5c4c3)c3cccc4c3oc3ccccc34)cc2)c1. The molecule has 3 aromatic heterocycles. The number of nitrogens with zero attached hydrogens (tertiary/aromatic N) is 2. The lowest BCUT2D eigenvalue weighted by Gasteiger charge is -2.26. The minimum atomic E-state index is 0.870. The van der Waals surface area contributed by atoms with Crippen molar-refractivity contribution in [3.63, 3.8) is 0 Å². The van der Waals surface area contributed by atoms with Gasteiger partial charge in [0, 0.05) is 58.7 Å². The predicted molar refractivity (Wildman–Crippen MR) is 247 cm³/mol. The monoisotopic (exact) mass is 758 g/mol. The lowest BCUT2D eigenvalue weighted by atomic mass is 9.93. The van der Waals surface area contributed by atoms with Crippen LogP contribution in [-0.4, -0.2) is 4.57 Å². The Morgan fingerprint density at radius 2 is 0.983 bits per heavy atom. The lowest BCUT2D eigenvalue weighted by Crippen LogP contribution is -2.10. The molecule has 0 aliphatic carbocycles. The van der Waals surface area contributed by atoms with Crippen LogP contribution in [0.15, 0.2) is 211 Å². The summed E-state index contributed by atoms with van der Waals surface area (Å²) in [6.45, 7) is 0. The van der Waals surface area contributed by atoms with Crippen molar-refractivity contribution in [3.05, 3.63) is 206 Å². The number of thiophene rings is 1. The van der Waals surface area contributed by atoms with Gasteiger partial charge in [-0.05, 0) is 83.4 Å². The van der Waals surface area contributed by atoms with Crippen molar-refractivity contribution in [2.24, 2.45) is 0 Å². The number of anilines is 3. The molecule has 3 heterocycles. The third kappa shape index (κ3) is 5.05. The Balaban J connectivity index is 1.02. The standard InChI is InChI=1S/C54H34N2OS/c1-2-15-39(40-16-3-8-22-47(40)56-48-23-9-4-17-41(48)42-18-5-10-24-49(42)56)38(14-1)35-28-30-36(31-29-35)55(37-32-33-53-46(34-37)44-20-7-12-27-52(44)58-53)50-25-13-21-45-43-19-6-11-26-51(43)57-54(45)50/h1-34H. The van der Waals surface area contributed by atoms with E-state index in [1.54, 1.807) is 0 Å². The van der Waals surface area contributed by atoms with Crippen molar-refractivity contribution in [2.75, 3.05) is 4.90 Å². The van der Waals surface area contributed by atoms with Gasteiger partial charge in [0.2, 0.25) is 0 Å². The predicted octanol–water partition coefficient (Wildman–Crippen LogP) is 15.9. The summed E-state index contributed by atoms with van der Waals surface area (Å²) in [4.78, 5) is 2.35. The molecule has 0 atom stereocenters. The summed E-state index contributed by atoms with van der Waals surface area (Å²) in [6.07, 6.45) is 0. The van der Waals surface area contributed by atoms with Crippen LogP contribution < -0.4 is 4.90 Å². The molecule has 12 aromatic rings. The molecule has 4 heteroatoms. The van der Waals surface area contributed by atoms with E-state index in [1.807, 2.05) is 17.4 Å². The number of hydrogen-bond donors (Lipinski definition) is 0. The Hall–Kier alpha value is -7.40. The van der Waals surface area contributed by atoms with Crippen LogP contribution in [0.5, 0.6) is 0 Å². The van der Waals surface area contributed by atoms with E-state index in [-0.39, 0.29) is 0 Å². The Labute approximate surface area is 338 Å². The summed E-state index contributed by atoms with van der Waals surface area (Å²) in [5.41, 5.74) is 13.2. The first-order valence-corrected chi connectivity index (χ1v) is 20.5. The van der Waals surface area contributed by atoms with E-state index < -0.39 is 0 Å². The number of aromatic nitrogens is 1. The molecule has 12 rings (SSSR count). The summed E-state index contributed by atoms with van der Waals surface area (Å²) in [7, 11) is 0. The molecule has 9 aromatic carbocycles. The largest absolute Gasteiger partial charge is 0.454 e. The van der Waals surface area contributed by atoms with Crippen LogP contribution in [0.1, 0.15) is 0 Å². The second kappa shape index (κ2) is 13.1. The highest BCUT2D eigenvalue weighted by Gasteiger charge is 2.22. The number of rotatable bonds is 6. The van der Waals surface area contributed by atoms with E-state index in [0.29, 0.717) is 0 Å². The maximum atomic E-state index is 6.66. The number of fused-ring (bicyclic) bond motifs is 9. The van der Waals surface area contributed by atoms with Crippen LogP contribution in [-0.2, 0) is 0 Å². The second-order valence-electron chi connectivity index (χ2n) is 14.8. The molecule has 0 N–H and O–H groups in total. The molecule has 272 valence electrons. The van der Waals surface area contributed by atoms with E-state index in [0.717, 1.165) is 50.3 Å². The minimum Gasteiger partial charge on any atom is -0.454 e. The van der Waals surface area contributed by atoms with Crippen LogP contribution in [0.2, 0.25) is 0 Å². The summed E-state index contributed by atoms with van der Waals surface area (Å²) in [5, 5.41) is 7.27. The van der Waals surface area contributed by atoms with Crippen molar-refractivity contribution in [1.29, 1.82) is 0 Å². The van der Waals surface area contributed by atoms with Crippen molar-refractivity contribution >= 4 is 92.3 Å². The van der Waals surface area contributed by atoms with Gasteiger partial charge in [-0.15, -0.1) is 11.3 Å². The molecule has 0 saturated heterocycles. The van der Waals surface area contributed by atoms with Crippen LogP contribution in [0.25, 0.3) is 91.9 Å². The molecule has 0 saturated carbocycles. The van der Waals surface area contributed by atoms with E-state index >= 15 is 0 Å². The zero-order valence-corrected chi connectivity index (χ0v) is 32.2. The summed E-state index contributed by atoms with van der Waals surface area (Å²) >= 11 is 1.84. The Bertz CT molecular complexity index is 3480. The molecule has 0 amide bonds.